The predicted octanol–water partition coefficient (Wildman–Crippen LogP) is 3.87. The fourth-order valence-corrected chi connectivity index (χ4v) is 2.93. The van der Waals surface area contributed by atoms with Crippen molar-refractivity contribution in [2.24, 2.45) is 12.0 Å². The Kier molecular flexibility index (Phi) is 10.1. The number of ether oxygens (including phenoxy) is 2. The van der Waals surface area contributed by atoms with Gasteiger partial charge >= 0.3 is 0 Å². The van der Waals surface area contributed by atoms with E-state index in [4.69, 9.17) is 32.7 Å². The van der Waals surface area contributed by atoms with Crippen molar-refractivity contribution in [3.8, 4) is 11.5 Å². The Bertz CT molecular complexity index is 781. The minimum absolute atomic E-state index is 0. The maximum Gasteiger partial charge on any atom is 0.191 e. The number of rotatable bonds is 7. The lowest BCUT2D eigenvalue weighted by Crippen LogP contribution is -2.38. The van der Waals surface area contributed by atoms with Crippen molar-refractivity contribution >= 4 is 53.1 Å². The Morgan fingerprint density at radius 1 is 1.11 bits per heavy atom. The third-order valence-electron chi connectivity index (χ3n) is 4.03. The Labute approximate surface area is 187 Å². The Balaban J connectivity index is 0.00000364. The van der Waals surface area contributed by atoms with Gasteiger partial charge in [0.25, 0.3) is 0 Å². The zero-order valence-electron chi connectivity index (χ0n) is 15.8. The number of hydrogen-bond acceptors (Lipinski definition) is 3. The van der Waals surface area contributed by atoms with Crippen molar-refractivity contribution in [1.82, 2.24) is 15.2 Å². The van der Waals surface area contributed by atoms with E-state index in [1.165, 1.54) is 0 Å². The lowest BCUT2D eigenvalue weighted by atomic mass is 10.1. The molecule has 0 saturated heterocycles. The van der Waals surface area contributed by atoms with E-state index in [1.807, 2.05) is 35.9 Å². The summed E-state index contributed by atoms with van der Waals surface area (Å²) in [5.41, 5.74) is 2.12. The normalized spacial score (nSPS) is 11.0. The van der Waals surface area contributed by atoms with E-state index in [1.54, 1.807) is 21.3 Å². The molecule has 27 heavy (non-hydrogen) atoms. The largest absolute Gasteiger partial charge is 0.493 e. The van der Waals surface area contributed by atoms with Crippen LogP contribution >= 0.6 is 47.2 Å². The van der Waals surface area contributed by atoms with Gasteiger partial charge in [-0.15, -0.1) is 24.0 Å². The molecular formula is C18H25Cl2IN4O2. The number of aliphatic imine (C=N–C) groups is 1. The molecule has 0 aliphatic carbocycles. The van der Waals surface area contributed by atoms with Gasteiger partial charge in [-0.25, -0.2) is 0 Å². The number of guanidine groups is 1. The lowest BCUT2D eigenvalue weighted by Gasteiger charge is -2.13. The van der Waals surface area contributed by atoms with E-state index in [0.29, 0.717) is 22.7 Å². The van der Waals surface area contributed by atoms with Crippen LogP contribution < -0.4 is 20.1 Å². The topological polar surface area (TPSA) is 59.8 Å². The second kappa shape index (κ2) is 11.5. The number of halogens is 3. The number of nitrogens with one attached hydrogen (secondary N) is 2. The molecule has 1 heterocycles. The number of benzene rings is 1. The van der Waals surface area contributed by atoms with Crippen molar-refractivity contribution < 1.29 is 9.47 Å². The molecule has 9 heteroatoms. The minimum Gasteiger partial charge on any atom is -0.493 e. The van der Waals surface area contributed by atoms with Gasteiger partial charge in [-0.2, -0.15) is 0 Å². The molecule has 2 aromatic rings. The van der Waals surface area contributed by atoms with Crippen LogP contribution in [-0.2, 0) is 20.0 Å². The molecule has 0 aliphatic heterocycles. The van der Waals surface area contributed by atoms with E-state index in [2.05, 4.69) is 15.6 Å². The molecule has 1 aromatic carbocycles. The van der Waals surface area contributed by atoms with Crippen LogP contribution in [0.2, 0.25) is 10.2 Å². The van der Waals surface area contributed by atoms with E-state index in [-0.39, 0.29) is 24.0 Å². The maximum absolute atomic E-state index is 6.08. The molecule has 6 nitrogen and oxygen atoms in total. The summed E-state index contributed by atoms with van der Waals surface area (Å²) in [5.74, 6) is 2.16. The Morgan fingerprint density at radius 2 is 1.81 bits per heavy atom. The summed E-state index contributed by atoms with van der Waals surface area (Å²) in [6.45, 7) is 1.29. The molecule has 0 atom stereocenters. The first-order valence-corrected chi connectivity index (χ1v) is 8.90. The molecule has 0 unspecified atom stereocenters. The monoisotopic (exact) mass is 526 g/mol. The van der Waals surface area contributed by atoms with Crippen molar-refractivity contribution in [2.75, 3.05) is 27.8 Å². The third-order valence-corrected chi connectivity index (χ3v) is 4.87. The second-order valence-corrected chi connectivity index (χ2v) is 6.39. The van der Waals surface area contributed by atoms with Crippen molar-refractivity contribution in [2.45, 2.75) is 13.0 Å². The summed E-state index contributed by atoms with van der Waals surface area (Å²) in [6.07, 6.45) is 0.822. The van der Waals surface area contributed by atoms with Gasteiger partial charge < -0.3 is 24.7 Å². The van der Waals surface area contributed by atoms with E-state index < -0.39 is 0 Å². The first kappa shape index (κ1) is 23.7. The summed E-state index contributed by atoms with van der Waals surface area (Å²) in [4.78, 5) is 4.23. The first-order valence-electron chi connectivity index (χ1n) is 8.15. The molecule has 0 fully saturated rings. The molecule has 0 radical (unpaired) electrons. The van der Waals surface area contributed by atoms with Gasteiger partial charge in [0.1, 0.15) is 5.15 Å². The average molecular weight is 527 g/mol. The fourth-order valence-electron chi connectivity index (χ4n) is 2.51. The summed E-state index contributed by atoms with van der Waals surface area (Å²) < 4.78 is 12.4. The predicted molar refractivity (Wildman–Crippen MR) is 122 cm³/mol. The number of methoxy groups -OCH3 is 2. The van der Waals surface area contributed by atoms with Crippen molar-refractivity contribution in [1.29, 1.82) is 0 Å². The summed E-state index contributed by atoms with van der Waals surface area (Å²) >= 11 is 12.1. The number of aromatic nitrogens is 1. The Hall–Kier alpha value is -1.32. The zero-order chi connectivity index (χ0) is 19.1. The molecule has 0 bridgehead atoms. The fraction of sp³-hybridized carbons (Fsp3) is 0.389. The second-order valence-electron chi connectivity index (χ2n) is 5.63. The van der Waals surface area contributed by atoms with Gasteiger partial charge in [0, 0.05) is 26.3 Å². The smallest absolute Gasteiger partial charge is 0.191 e. The highest BCUT2D eigenvalue weighted by Gasteiger charge is 2.09. The summed E-state index contributed by atoms with van der Waals surface area (Å²) in [5, 5.41) is 7.61. The van der Waals surface area contributed by atoms with Crippen LogP contribution in [0.5, 0.6) is 11.5 Å². The highest BCUT2D eigenvalue weighted by Crippen LogP contribution is 2.27. The Morgan fingerprint density at radius 3 is 2.37 bits per heavy atom. The SMILES string of the molecule is CN=C(NCCc1ccc(OC)c(OC)c1)NCc1cc(Cl)c(Cl)n1C.I. The molecule has 2 rings (SSSR count). The highest BCUT2D eigenvalue weighted by molar-refractivity contribution is 14.0. The average Bonchev–Trinajstić information content (AvgIpc) is 2.91. The molecule has 0 aliphatic rings. The van der Waals surface area contributed by atoms with Gasteiger partial charge in [0.2, 0.25) is 0 Å². The standard InChI is InChI=1S/C18H24Cl2N4O2.HI/c1-21-18(23-11-13-10-14(19)17(20)24(13)2)22-8-7-12-5-6-15(25-3)16(9-12)26-4;/h5-6,9-10H,7-8,11H2,1-4H3,(H2,21,22,23);1H. The van der Waals surface area contributed by atoms with Crippen LogP contribution in [0.1, 0.15) is 11.3 Å². The number of hydrogen-bond donors (Lipinski definition) is 2. The van der Waals surface area contributed by atoms with E-state index in [9.17, 15) is 0 Å². The molecular weight excluding hydrogens is 502 g/mol. The number of nitrogens with zero attached hydrogens (tertiary/aromatic N) is 2. The van der Waals surface area contributed by atoms with Crippen LogP contribution in [0, 0.1) is 0 Å². The first-order chi connectivity index (χ1) is 12.5. The molecule has 150 valence electrons. The van der Waals surface area contributed by atoms with Gasteiger partial charge in [0.15, 0.2) is 17.5 Å². The van der Waals surface area contributed by atoms with Crippen LogP contribution in [0.3, 0.4) is 0 Å². The third kappa shape index (κ3) is 6.36. The van der Waals surface area contributed by atoms with Crippen LogP contribution in [0.4, 0.5) is 0 Å². The molecule has 0 spiro atoms. The van der Waals surface area contributed by atoms with Gasteiger partial charge in [-0.05, 0) is 30.2 Å². The summed E-state index contributed by atoms with van der Waals surface area (Å²) in [7, 11) is 6.87. The van der Waals surface area contributed by atoms with Crippen LogP contribution in [-0.4, -0.2) is 38.3 Å². The van der Waals surface area contributed by atoms with E-state index >= 15 is 0 Å². The van der Waals surface area contributed by atoms with Gasteiger partial charge in [0.05, 0.1) is 25.8 Å². The van der Waals surface area contributed by atoms with Crippen LogP contribution in [0.15, 0.2) is 29.3 Å². The van der Waals surface area contributed by atoms with E-state index in [0.717, 1.165) is 35.7 Å². The molecule has 1 aromatic heterocycles. The maximum atomic E-state index is 6.08. The summed E-state index contributed by atoms with van der Waals surface area (Å²) in [6, 6.07) is 7.75. The van der Waals surface area contributed by atoms with Crippen molar-refractivity contribution in [3.63, 3.8) is 0 Å². The lowest BCUT2D eigenvalue weighted by molar-refractivity contribution is 0.354. The molecule has 0 saturated carbocycles. The van der Waals surface area contributed by atoms with Crippen molar-refractivity contribution in [3.05, 3.63) is 45.7 Å². The van der Waals surface area contributed by atoms with Gasteiger partial charge in [-0.3, -0.25) is 4.99 Å². The highest BCUT2D eigenvalue weighted by atomic mass is 127. The molecule has 2 N–H and O–H groups in total. The van der Waals surface area contributed by atoms with Crippen LogP contribution in [0.25, 0.3) is 0 Å². The minimum atomic E-state index is 0. The zero-order valence-corrected chi connectivity index (χ0v) is 19.6. The molecule has 0 amide bonds. The van der Waals surface area contributed by atoms with Gasteiger partial charge in [-0.1, -0.05) is 29.3 Å². The quantitative estimate of drug-likeness (QED) is 0.326.